The van der Waals surface area contributed by atoms with Gasteiger partial charge in [-0.25, -0.2) is 13.4 Å². The van der Waals surface area contributed by atoms with Crippen molar-refractivity contribution in [3.63, 3.8) is 0 Å². The lowest BCUT2D eigenvalue weighted by Gasteiger charge is -2.16. The summed E-state index contributed by atoms with van der Waals surface area (Å²) in [5.41, 5.74) is 2.46. The Bertz CT molecular complexity index is 1070. The van der Waals surface area contributed by atoms with Gasteiger partial charge in [0.1, 0.15) is 11.0 Å². The van der Waals surface area contributed by atoms with E-state index in [1.165, 1.54) is 4.31 Å². The van der Waals surface area contributed by atoms with Gasteiger partial charge in [0.2, 0.25) is 10.0 Å². The van der Waals surface area contributed by atoms with Gasteiger partial charge in [-0.2, -0.15) is 13.9 Å². The number of nitrogens with one attached hydrogen (secondary N) is 1. The molecule has 0 radical (unpaired) electrons. The maximum atomic E-state index is 12.6. The first-order chi connectivity index (χ1) is 13.0. The summed E-state index contributed by atoms with van der Waals surface area (Å²) in [6.07, 6.45) is 4.41. The van der Waals surface area contributed by atoms with E-state index in [0.29, 0.717) is 34.6 Å². The predicted octanol–water partition coefficient (Wildman–Crippen LogP) is 3.47. The molecule has 0 aliphatic carbocycles. The van der Waals surface area contributed by atoms with Crippen LogP contribution in [-0.4, -0.2) is 40.4 Å². The Kier molecular flexibility index (Phi) is 4.79. The fraction of sp³-hybridized carbons (Fsp3) is 0.333. The summed E-state index contributed by atoms with van der Waals surface area (Å²) in [6, 6.07) is 8.42. The molecule has 0 saturated carbocycles. The number of nitrogens with zero attached hydrogens (tertiary/aromatic N) is 4. The van der Waals surface area contributed by atoms with Crippen molar-refractivity contribution in [1.29, 1.82) is 0 Å². The van der Waals surface area contributed by atoms with Gasteiger partial charge in [-0.15, -0.1) is 0 Å². The third-order valence-electron chi connectivity index (χ3n) is 4.72. The van der Waals surface area contributed by atoms with Crippen LogP contribution in [0.15, 0.2) is 41.4 Å². The van der Waals surface area contributed by atoms with Crippen molar-refractivity contribution in [3.8, 4) is 0 Å². The van der Waals surface area contributed by atoms with Crippen molar-refractivity contribution in [3.05, 3.63) is 47.2 Å². The Morgan fingerprint density at radius 2 is 1.89 bits per heavy atom. The lowest BCUT2D eigenvalue weighted by Crippen LogP contribution is -2.27. The van der Waals surface area contributed by atoms with E-state index in [-0.39, 0.29) is 0 Å². The van der Waals surface area contributed by atoms with Crippen LogP contribution in [0.4, 0.5) is 11.5 Å². The van der Waals surface area contributed by atoms with E-state index in [0.717, 1.165) is 30.5 Å². The Labute approximate surface area is 163 Å². The number of hydrogen-bond donors (Lipinski definition) is 1. The van der Waals surface area contributed by atoms with Gasteiger partial charge < -0.3 is 5.32 Å². The minimum atomic E-state index is -3.41. The van der Waals surface area contributed by atoms with E-state index in [1.54, 1.807) is 41.0 Å². The van der Waals surface area contributed by atoms with Gasteiger partial charge in [0.25, 0.3) is 0 Å². The first kappa shape index (κ1) is 18.2. The number of anilines is 2. The maximum absolute atomic E-state index is 12.6. The van der Waals surface area contributed by atoms with Crippen molar-refractivity contribution >= 4 is 38.8 Å². The summed E-state index contributed by atoms with van der Waals surface area (Å²) in [6.45, 7) is 3.22. The van der Waals surface area contributed by atoms with Crippen LogP contribution in [0.1, 0.15) is 25.3 Å². The average Bonchev–Trinajstić information content (AvgIpc) is 3.32. The third kappa shape index (κ3) is 3.40. The molecule has 3 heterocycles. The van der Waals surface area contributed by atoms with Crippen molar-refractivity contribution in [1.82, 2.24) is 18.9 Å². The molecule has 0 atom stereocenters. The topological polar surface area (TPSA) is 79.6 Å². The van der Waals surface area contributed by atoms with E-state index >= 15 is 0 Å². The Morgan fingerprint density at radius 1 is 1.19 bits per heavy atom. The van der Waals surface area contributed by atoms with Crippen molar-refractivity contribution < 1.29 is 8.42 Å². The average molecular weight is 406 g/mol. The highest BCUT2D eigenvalue weighted by molar-refractivity contribution is 7.89. The summed E-state index contributed by atoms with van der Waals surface area (Å²) in [4.78, 5) is 4.65. The van der Waals surface area contributed by atoms with Gasteiger partial charge in [-0.05, 0) is 43.5 Å². The Morgan fingerprint density at radius 3 is 2.56 bits per heavy atom. The first-order valence-electron chi connectivity index (χ1n) is 8.89. The number of fused-ring (bicyclic) bond motifs is 1. The highest BCUT2D eigenvalue weighted by Gasteiger charge is 2.26. The Hall–Kier alpha value is -2.16. The first-order valence-corrected chi connectivity index (χ1v) is 10.7. The normalized spacial score (nSPS) is 15.5. The van der Waals surface area contributed by atoms with Crippen LogP contribution in [-0.2, 0) is 16.4 Å². The van der Waals surface area contributed by atoms with Gasteiger partial charge in [-0.1, -0.05) is 18.5 Å². The van der Waals surface area contributed by atoms with Gasteiger partial charge in [0.15, 0.2) is 5.65 Å². The van der Waals surface area contributed by atoms with Crippen LogP contribution < -0.4 is 5.32 Å². The SMILES string of the molecule is CCc1cnn2c(Nc3ccc(S(=O)(=O)N4CCCC4)cc3)cc(Cl)nc12. The minimum absolute atomic E-state index is 0.306. The minimum Gasteiger partial charge on any atom is -0.340 e. The van der Waals surface area contributed by atoms with Crippen LogP contribution in [0.25, 0.3) is 5.65 Å². The highest BCUT2D eigenvalue weighted by Crippen LogP contribution is 2.25. The molecular formula is C18H20ClN5O2S. The number of benzene rings is 1. The number of halogens is 1. The zero-order valence-corrected chi connectivity index (χ0v) is 16.5. The van der Waals surface area contributed by atoms with E-state index in [2.05, 4.69) is 15.4 Å². The van der Waals surface area contributed by atoms with Crippen molar-refractivity contribution in [2.45, 2.75) is 31.1 Å². The number of hydrogen-bond acceptors (Lipinski definition) is 5. The zero-order chi connectivity index (χ0) is 19.0. The second-order valence-corrected chi connectivity index (χ2v) is 8.81. The highest BCUT2D eigenvalue weighted by atomic mass is 35.5. The summed E-state index contributed by atoms with van der Waals surface area (Å²) >= 11 is 6.16. The number of aromatic nitrogens is 3. The zero-order valence-electron chi connectivity index (χ0n) is 14.9. The lowest BCUT2D eigenvalue weighted by molar-refractivity contribution is 0.477. The van der Waals surface area contributed by atoms with E-state index < -0.39 is 10.0 Å². The number of aryl methyl sites for hydroxylation is 1. The molecule has 4 rings (SSSR count). The summed E-state index contributed by atoms with van der Waals surface area (Å²) in [7, 11) is -3.41. The molecule has 1 aromatic carbocycles. The molecule has 142 valence electrons. The van der Waals surface area contributed by atoms with Crippen molar-refractivity contribution in [2.24, 2.45) is 0 Å². The van der Waals surface area contributed by atoms with Gasteiger partial charge >= 0.3 is 0 Å². The molecule has 1 N–H and O–H groups in total. The predicted molar refractivity (Wildman–Crippen MR) is 105 cm³/mol. The summed E-state index contributed by atoms with van der Waals surface area (Å²) in [5, 5.41) is 7.98. The van der Waals surface area contributed by atoms with Gasteiger partial charge in [0, 0.05) is 30.4 Å². The number of sulfonamides is 1. The second-order valence-electron chi connectivity index (χ2n) is 6.48. The standard InChI is InChI=1S/C18H20ClN5O2S/c1-2-13-12-20-24-17(11-16(19)22-18(13)24)21-14-5-7-15(8-6-14)27(25,26)23-9-3-4-10-23/h5-8,11-12,21H,2-4,9-10H2,1H3. The van der Waals surface area contributed by atoms with Gasteiger partial charge in [0.05, 0.1) is 11.1 Å². The molecule has 0 spiro atoms. The van der Waals surface area contributed by atoms with Crippen LogP contribution in [0, 0.1) is 0 Å². The molecule has 0 bridgehead atoms. The van der Waals surface area contributed by atoms with Crippen molar-refractivity contribution in [2.75, 3.05) is 18.4 Å². The van der Waals surface area contributed by atoms with Gasteiger partial charge in [-0.3, -0.25) is 0 Å². The summed E-state index contributed by atoms with van der Waals surface area (Å²) < 4.78 is 28.5. The fourth-order valence-electron chi connectivity index (χ4n) is 3.25. The molecule has 1 aliphatic rings. The van der Waals surface area contributed by atoms with Crippen LogP contribution in [0.5, 0.6) is 0 Å². The smallest absolute Gasteiger partial charge is 0.243 e. The largest absolute Gasteiger partial charge is 0.340 e. The molecule has 0 unspecified atom stereocenters. The van der Waals surface area contributed by atoms with Crippen LogP contribution >= 0.6 is 11.6 Å². The monoisotopic (exact) mass is 405 g/mol. The van der Waals surface area contributed by atoms with E-state index in [9.17, 15) is 8.42 Å². The fourth-order valence-corrected chi connectivity index (χ4v) is 4.95. The lowest BCUT2D eigenvalue weighted by atomic mass is 10.3. The number of rotatable bonds is 5. The molecule has 9 heteroatoms. The Balaban J connectivity index is 1.62. The molecular weight excluding hydrogens is 386 g/mol. The van der Waals surface area contributed by atoms with Crippen LogP contribution in [0.3, 0.4) is 0 Å². The van der Waals surface area contributed by atoms with E-state index in [1.807, 2.05) is 6.92 Å². The quantitative estimate of drug-likeness (QED) is 0.657. The molecule has 1 fully saturated rings. The molecule has 3 aromatic rings. The molecule has 1 saturated heterocycles. The maximum Gasteiger partial charge on any atom is 0.243 e. The molecule has 1 aliphatic heterocycles. The second kappa shape index (κ2) is 7.10. The molecule has 0 amide bonds. The molecule has 27 heavy (non-hydrogen) atoms. The third-order valence-corrected chi connectivity index (χ3v) is 6.83. The van der Waals surface area contributed by atoms with Crippen LogP contribution in [0.2, 0.25) is 5.15 Å². The summed E-state index contributed by atoms with van der Waals surface area (Å²) in [5.74, 6) is 0.667. The molecule has 7 nitrogen and oxygen atoms in total. The van der Waals surface area contributed by atoms with E-state index in [4.69, 9.17) is 11.6 Å². The molecule has 2 aromatic heterocycles.